The van der Waals surface area contributed by atoms with E-state index in [0.717, 1.165) is 33.0 Å². The maximum atomic E-state index is 12.9. The van der Waals surface area contributed by atoms with Crippen molar-refractivity contribution in [1.29, 1.82) is 0 Å². The molecule has 10 heteroatoms. The number of thiazole rings is 1. The quantitative estimate of drug-likeness (QED) is 0.301. The lowest BCUT2D eigenvalue weighted by Crippen LogP contribution is -2.18. The Labute approximate surface area is 183 Å². The third-order valence-corrected chi connectivity index (χ3v) is 7.26. The standard InChI is InChI=1S/C20H17N3O4S3/c1-27-14-4-5-15-17(11-14)30-20(22(15)7-8-28-2)21-19(24)18-10-12-9-13(23(25)26)3-6-16(12)29-18/h3-6,9-11H,7-8H2,1-2H3. The zero-order valence-electron chi connectivity index (χ0n) is 16.2. The van der Waals surface area contributed by atoms with Gasteiger partial charge in [0.2, 0.25) is 0 Å². The van der Waals surface area contributed by atoms with E-state index in [1.165, 1.54) is 34.8 Å². The fourth-order valence-corrected chi connectivity index (χ4v) is 5.43. The van der Waals surface area contributed by atoms with E-state index in [1.807, 2.05) is 29.0 Å². The lowest BCUT2D eigenvalue weighted by molar-refractivity contribution is -0.384. The molecule has 0 saturated heterocycles. The molecular weight excluding hydrogens is 442 g/mol. The molecule has 0 N–H and O–H groups in total. The van der Waals surface area contributed by atoms with E-state index in [2.05, 4.69) is 4.99 Å². The van der Waals surface area contributed by atoms with Crippen LogP contribution < -0.4 is 9.54 Å². The first-order chi connectivity index (χ1) is 14.5. The summed E-state index contributed by atoms with van der Waals surface area (Å²) in [6, 6.07) is 12.1. The van der Waals surface area contributed by atoms with Gasteiger partial charge in [0.25, 0.3) is 11.6 Å². The van der Waals surface area contributed by atoms with E-state index in [0.29, 0.717) is 15.1 Å². The minimum atomic E-state index is -0.441. The average Bonchev–Trinajstić information content (AvgIpc) is 3.32. The Balaban J connectivity index is 1.78. The van der Waals surface area contributed by atoms with Crippen LogP contribution in [0.3, 0.4) is 0 Å². The molecule has 0 aliphatic rings. The molecule has 4 rings (SSSR count). The number of aromatic nitrogens is 1. The predicted octanol–water partition coefficient (Wildman–Crippen LogP) is 4.94. The Morgan fingerprint density at radius 2 is 2.03 bits per heavy atom. The van der Waals surface area contributed by atoms with E-state index >= 15 is 0 Å². The van der Waals surface area contributed by atoms with Crippen LogP contribution in [0.5, 0.6) is 5.75 Å². The highest BCUT2D eigenvalue weighted by Gasteiger charge is 2.14. The molecule has 0 radical (unpaired) electrons. The molecule has 0 spiro atoms. The minimum absolute atomic E-state index is 0.00426. The van der Waals surface area contributed by atoms with Crippen LogP contribution in [-0.4, -0.2) is 34.5 Å². The van der Waals surface area contributed by atoms with Gasteiger partial charge in [0.1, 0.15) is 5.75 Å². The number of thioether (sulfide) groups is 1. The van der Waals surface area contributed by atoms with Crippen LogP contribution in [-0.2, 0) is 6.54 Å². The normalized spacial score (nSPS) is 12.0. The van der Waals surface area contributed by atoms with Gasteiger partial charge < -0.3 is 9.30 Å². The summed E-state index contributed by atoms with van der Waals surface area (Å²) >= 11 is 4.45. The maximum Gasteiger partial charge on any atom is 0.289 e. The molecule has 154 valence electrons. The second kappa shape index (κ2) is 8.58. The third kappa shape index (κ3) is 3.98. The summed E-state index contributed by atoms with van der Waals surface area (Å²) in [6.07, 6.45) is 2.04. The van der Waals surface area contributed by atoms with Gasteiger partial charge in [0.15, 0.2) is 4.80 Å². The highest BCUT2D eigenvalue weighted by molar-refractivity contribution is 7.98. The molecule has 0 aliphatic carbocycles. The molecule has 0 bridgehead atoms. The topological polar surface area (TPSA) is 86.7 Å². The lowest BCUT2D eigenvalue weighted by Gasteiger charge is -2.04. The number of nitrogens with zero attached hydrogens (tertiary/aromatic N) is 3. The summed E-state index contributed by atoms with van der Waals surface area (Å²) in [5.41, 5.74) is 1.01. The molecule has 0 saturated carbocycles. The van der Waals surface area contributed by atoms with Gasteiger partial charge in [-0.3, -0.25) is 14.9 Å². The first kappa shape index (κ1) is 20.6. The Bertz CT molecular complexity index is 1340. The summed E-state index contributed by atoms with van der Waals surface area (Å²) in [7, 11) is 1.62. The SMILES string of the molecule is COc1ccc2c(c1)sc(=NC(=O)c1cc3cc([N+](=O)[O-])ccc3s1)n2CCSC. The van der Waals surface area contributed by atoms with Gasteiger partial charge in [-0.15, -0.1) is 11.3 Å². The second-order valence-corrected chi connectivity index (χ2v) is 9.45. The van der Waals surface area contributed by atoms with Crippen LogP contribution in [0.1, 0.15) is 9.67 Å². The number of methoxy groups -OCH3 is 1. The predicted molar refractivity (Wildman–Crippen MR) is 123 cm³/mol. The number of benzene rings is 2. The first-order valence-corrected chi connectivity index (χ1v) is 12.0. The van der Waals surface area contributed by atoms with Gasteiger partial charge >= 0.3 is 0 Å². The average molecular weight is 460 g/mol. The van der Waals surface area contributed by atoms with Gasteiger partial charge in [0, 0.05) is 34.5 Å². The number of fused-ring (bicyclic) bond motifs is 2. The molecule has 30 heavy (non-hydrogen) atoms. The lowest BCUT2D eigenvalue weighted by atomic mass is 10.2. The smallest absolute Gasteiger partial charge is 0.289 e. The van der Waals surface area contributed by atoms with Gasteiger partial charge in [-0.1, -0.05) is 11.3 Å². The molecule has 2 heterocycles. The number of thiophene rings is 1. The maximum absolute atomic E-state index is 12.9. The number of carbonyl (C=O) groups excluding carboxylic acids is 1. The summed E-state index contributed by atoms with van der Waals surface area (Å²) in [4.78, 5) is 28.9. The van der Waals surface area contributed by atoms with Crippen molar-refractivity contribution in [3.05, 3.63) is 62.3 Å². The molecule has 0 atom stereocenters. The molecule has 1 amide bonds. The number of hydrogen-bond donors (Lipinski definition) is 0. The Hall–Kier alpha value is -2.69. The number of carbonyl (C=O) groups is 1. The van der Waals surface area contributed by atoms with Gasteiger partial charge in [-0.25, -0.2) is 0 Å². The summed E-state index contributed by atoms with van der Waals surface area (Å²) < 4.78 is 9.17. The first-order valence-electron chi connectivity index (χ1n) is 8.93. The van der Waals surface area contributed by atoms with Crippen molar-refractivity contribution < 1.29 is 14.5 Å². The highest BCUT2D eigenvalue weighted by Crippen LogP contribution is 2.29. The molecule has 7 nitrogen and oxygen atoms in total. The number of ether oxygens (including phenoxy) is 1. The minimum Gasteiger partial charge on any atom is -0.497 e. The molecule has 0 unspecified atom stereocenters. The van der Waals surface area contributed by atoms with E-state index in [4.69, 9.17) is 4.74 Å². The monoisotopic (exact) mass is 459 g/mol. The van der Waals surface area contributed by atoms with Crippen LogP contribution in [0.2, 0.25) is 0 Å². The Morgan fingerprint density at radius 3 is 2.77 bits per heavy atom. The largest absolute Gasteiger partial charge is 0.497 e. The number of nitro groups is 1. The van der Waals surface area contributed by atoms with Crippen LogP contribution in [0.25, 0.3) is 20.3 Å². The second-order valence-electron chi connectivity index (χ2n) is 6.37. The van der Waals surface area contributed by atoms with Crippen LogP contribution in [0.4, 0.5) is 5.69 Å². The molecule has 4 aromatic rings. The van der Waals surface area contributed by atoms with Crippen LogP contribution >= 0.6 is 34.4 Å². The van der Waals surface area contributed by atoms with Crippen molar-refractivity contribution in [3.63, 3.8) is 0 Å². The van der Waals surface area contributed by atoms with Crippen molar-refractivity contribution >= 4 is 66.3 Å². The summed E-state index contributed by atoms with van der Waals surface area (Å²) in [5, 5.41) is 11.7. The van der Waals surface area contributed by atoms with E-state index in [1.54, 1.807) is 31.0 Å². The third-order valence-electron chi connectivity index (χ3n) is 4.53. The molecule has 0 aliphatic heterocycles. The van der Waals surface area contributed by atoms with Gasteiger partial charge in [-0.05, 0) is 36.6 Å². The number of non-ortho nitro benzene ring substituents is 1. The Kier molecular flexibility index (Phi) is 5.89. The fraction of sp³-hybridized carbons (Fsp3) is 0.200. The highest BCUT2D eigenvalue weighted by atomic mass is 32.2. The van der Waals surface area contributed by atoms with E-state index in [9.17, 15) is 14.9 Å². The van der Waals surface area contributed by atoms with Crippen molar-refractivity contribution in [1.82, 2.24) is 4.57 Å². The molecular formula is C20H17N3O4S3. The van der Waals surface area contributed by atoms with Crippen molar-refractivity contribution in [2.24, 2.45) is 4.99 Å². The van der Waals surface area contributed by atoms with Crippen molar-refractivity contribution in [3.8, 4) is 5.75 Å². The Morgan fingerprint density at radius 1 is 1.20 bits per heavy atom. The number of aryl methyl sites for hydroxylation is 1. The number of nitro benzene ring substituents is 1. The van der Waals surface area contributed by atoms with Gasteiger partial charge in [0.05, 0.1) is 27.1 Å². The molecule has 2 aromatic heterocycles. The molecule has 0 fully saturated rings. The van der Waals surface area contributed by atoms with Crippen molar-refractivity contribution in [2.75, 3.05) is 19.1 Å². The van der Waals surface area contributed by atoms with Gasteiger partial charge in [-0.2, -0.15) is 16.8 Å². The summed E-state index contributed by atoms with van der Waals surface area (Å²) in [5.74, 6) is 1.30. The van der Waals surface area contributed by atoms with Crippen LogP contribution in [0.15, 0.2) is 47.5 Å². The number of hydrogen-bond acceptors (Lipinski definition) is 7. The zero-order valence-corrected chi connectivity index (χ0v) is 18.6. The fourth-order valence-electron chi connectivity index (χ4n) is 3.06. The zero-order chi connectivity index (χ0) is 21.3. The van der Waals surface area contributed by atoms with E-state index in [-0.39, 0.29) is 11.6 Å². The van der Waals surface area contributed by atoms with E-state index < -0.39 is 4.92 Å². The van der Waals surface area contributed by atoms with Crippen LogP contribution in [0, 0.1) is 10.1 Å². The molecule has 2 aromatic carbocycles. The number of rotatable bonds is 6. The van der Waals surface area contributed by atoms with Crippen molar-refractivity contribution in [2.45, 2.75) is 6.54 Å². The summed E-state index contributed by atoms with van der Waals surface area (Å²) in [6.45, 7) is 0.734. The number of amides is 1.